The van der Waals surface area contributed by atoms with Crippen molar-refractivity contribution in [2.45, 2.75) is 31.8 Å². The number of rotatable bonds is 7. The molecule has 0 aliphatic heterocycles. The second-order valence-corrected chi connectivity index (χ2v) is 9.27. The maximum atomic E-state index is 12.9. The van der Waals surface area contributed by atoms with E-state index in [0.717, 1.165) is 11.1 Å². The molecule has 6 nitrogen and oxygen atoms in total. The highest BCUT2D eigenvalue weighted by Crippen LogP contribution is 2.25. The minimum atomic E-state index is -3.71. The summed E-state index contributed by atoms with van der Waals surface area (Å²) in [6, 6.07) is 20.7. The number of para-hydroxylation sites is 2. The van der Waals surface area contributed by atoms with Crippen molar-refractivity contribution in [3.05, 3.63) is 83.9 Å². The molecule has 0 spiro atoms. The number of benzene rings is 3. The molecule has 3 aromatic carbocycles. The third-order valence-corrected chi connectivity index (χ3v) is 6.77. The highest BCUT2D eigenvalue weighted by atomic mass is 32.2. The SMILES string of the molecule is Cc1cccc(C)c1OC(C)C(=O)Nc1ccc(S(=O)(=O)N(C)c2ccccc2)cc1. The molecule has 0 aliphatic rings. The van der Waals surface area contributed by atoms with Crippen LogP contribution in [0.15, 0.2) is 77.7 Å². The van der Waals surface area contributed by atoms with E-state index in [-0.39, 0.29) is 10.8 Å². The normalized spacial score (nSPS) is 12.1. The van der Waals surface area contributed by atoms with E-state index in [0.29, 0.717) is 17.1 Å². The second kappa shape index (κ2) is 9.22. The van der Waals surface area contributed by atoms with Crippen LogP contribution in [0.25, 0.3) is 0 Å². The van der Waals surface area contributed by atoms with Crippen molar-refractivity contribution in [3.8, 4) is 5.75 Å². The summed E-state index contributed by atoms with van der Waals surface area (Å²) in [5.41, 5.74) is 2.97. The first-order valence-electron chi connectivity index (χ1n) is 9.88. The van der Waals surface area contributed by atoms with Crippen LogP contribution in [0.1, 0.15) is 18.1 Å². The Morgan fingerprint density at radius 3 is 2.06 bits per heavy atom. The molecule has 1 N–H and O–H groups in total. The molecule has 1 amide bonds. The van der Waals surface area contributed by atoms with Crippen molar-refractivity contribution < 1.29 is 17.9 Å². The zero-order chi connectivity index (χ0) is 22.6. The summed E-state index contributed by atoms with van der Waals surface area (Å²) in [6.07, 6.45) is -0.715. The zero-order valence-electron chi connectivity index (χ0n) is 18.0. The van der Waals surface area contributed by atoms with Gasteiger partial charge >= 0.3 is 0 Å². The fraction of sp³-hybridized carbons (Fsp3) is 0.208. The van der Waals surface area contributed by atoms with Crippen molar-refractivity contribution >= 4 is 27.3 Å². The first kappa shape index (κ1) is 22.4. The van der Waals surface area contributed by atoms with Crippen LogP contribution in [0.4, 0.5) is 11.4 Å². The van der Waals surface area contributed by atoms with Crippen molar-refractivity contribution in [3.63, 3.8) is 0 Å². The van der Waals surface area contributed by atoms with Crippen LogP contribution in [0.3, 0.4) is 0 Å². The van der Waals surface area contributed by atoms with Crippen molar-refractivity contribution in [2.75, 3.05) is 16.7 Å². The Morgan fingerprint density at radius 1 is 0.903 bits per heavy atom. The lowest BCUT2D eigenvalue weighted by Crippen LogP contribution is -2.30. The van der Waals surface area contributed by atoms with Gasteiger partial charge in [0.15, 0.2) is 6.10 Å². The Labute approximate surface area is 183 Å². The average molecular weight is 439 g/mol. The molecular weight excluding hydrogens is 412 g/mol. The molecule has 3 rings (SSSR count). The topological polar surface area (TPSA) is 75.7 Å². The lowest BCUT2D eigenvalue weighted by atomic mass is 10.1. The van der Waals surface area contributed by atoms with Crippen LogP contribution in [0.2, 0.25) is 0 Å². The number of sulfonamides is 1. The van der Waals surface area contributed by atoms with Crippen LogP contribution in [0, 0.1) is 13.8 Å². The first-order chi connectivity index (χ1) is 14.7. The lowest BCUT2D eigenvalue weighted by Gasteiger charge is -2.20. The minimum Gasteiger partial charge on any atom is -0.480 e. The van der Waals surface area contributed by atoms with Gasteiger partial charge in [0.25, 0.3) is 15.9 Å². The molecule has 0 radical (unpaired) electrons. The van der Waals surface area contributed by atoms with Gasteiger partial charge in [-0.05, 0) is 68.3 Å². The number of hydrogen-bond acceptors (Lipinski definition) is 4. The van der Waals surface area contributed by atoms with Crippen LogP contribution in [-0.2, 0) is 14.8 Å². The molecule has 0 aliphatic carbocycles. The molecule has 0 heterocycles. The molecule has 0 aromatic heterocycles. The molecule has 0 saturated carbocycles. The van der Waals surface area contributed by atoms with Crippen LogP contribution in [0.5, 0.6) is 5.75 Å². The van der Waals surface area contributed by atoms with Gasteiger partial charge in [-0.15, -0.1) is 0 Å². The molecule has 1 unspecified atom stereocenters. The van der Waals surface area contributed by atoms with E-state index in [1.165, 1.54) is 23.5 Å². The van der Waals surface area contributed by atoms with E-state index in [2.05, 4.69) is 5.32 Å². The number of ether oxygens (including phenoxy) is 1. The quantitative estimate of drug-likeness (QED) is 0.588. The highest BCUT2D eigenvalue weighted by molar-refractivity contribution is 7.92. The Bertz CT molecular complexity index is 1140. The van der Waals surface area contributed by atoms with Gasteiger partial charge in [0.05, 0.1) is 10.6 Å². The van der Waals surface area contributed by atoms with E-state index < -0.39 is 16.1 Å². The van der Waals surface area contributed by atoms with E-state index in [1.807, 2.05) is 38.1 Å². The van der Waals surface area contributed by atoms with Crippen molar-refractivity contribution in [1.82, 2.24) is 0 Å². The molecule has 3 aromatic rings. The highest BCUT2D eigenvalue weighted by Gasteiger charge is 2.22. The maximum absolute atomic E-state index is 12.9. The fourth-order valence-electron chi connectivity index (χ4n) is 3.10. The predicted molar refractivity (Wildman–Crippen MR) is 123 cm³/mol. The van der Waals surface area contributed by atoms with Gasteiger partial charge in [-0.25, -0.2) is 8.42 Å². The summed E-state index contributed by atoms with van der Waals surface area (Å²) in [7, 11) is -2.20. The molecule has 7 heteroatoms. The monoisotopic (exact) mass is 438 g/mol. The molecule has 162 valence electrons. The van der Waals surface area contributed by atoms with Crippen molar-refractivity contribution in [2.24, 2.45) is 0 Å². The van der Waals surface area contributed by atoms with Gasteiger partial charge in [-0.3, -0.25) is 9.10 Å². The van der Waals surface area contributed by atoms with Crippen LogP contribution in [-0.4, -0.2) is 27.5 Å². The predicted octanol–water partition coefficient (Wildman–Crippen LogP) is 4.53. The van der Waals surface area contributed by atoms with Gasteiger partial charge < -0.3 is 10.1 Å². The summed E-state index contributed by atoms with van der Waals surface area (Å²) < 4.78 is 32.8. The van der Waals surface area contributed by atoms with Gasteiger partial charge in [0.1, 0.15) is 5.75 Å². The number of hydrogen-bond donors (Lipinski definition) is 1. The number of carbonyl (C=O) groups is 1. The van der Waals surface area contributed by atoms with E-state index >= 15 is 0 Å². The van der Waals surface area contributed by atoms with Gasteiger partial charge in [0, 0.05) is 12.7 Å². The van der Waals surface area contributed by atoms with Gasteiger partial charge in [-0.1, -0.05) is 36.4 Å². The van der Waals surface area contributed by atoms with E-state index in [1.54, 1.807) is 43.3 Å². The van der Waals surface area contributed by atoms with Crippen LogP contribution < -0.4 is 14.4 Å². The molecule has 0 saturated heterocycles. The average Bonchev–Trinajstić information content (AvgIpc) is 2.76. The van der Waals surface area contributed by atoms with E-state index in [4.69, 9.17) is 4.74 Å². The molecular formula is C24H26N2O4S. The number of nitrogens with one attached hydrogen (secondary N) is 1. The summed E-state index contributed by atoms with van der Waals surface area (Å²) >= 11 is 0. The number of aryl methyl sites for hydroxylation is 2. The third kappa shape index (κ3) is 5.06. The molecule has 31 heavy (non-hydrogen) atoms. The minimum absolute atomic E-state index is 0.136. The van der Waals surface area contributed by atoms with Gasteiger partial charge in [-0.2, -0.15) is 0 Å². The Balaban J connectivity index is 1.69. The number of carbonyl (C=O) groups excluding carboxylic acids is 1. The standard InChI is InChI=1S/C24H26N2O4S/c1-17-9-8-10-18(2)23(17)30-19(3)24(27)25-20-13-15-22(16-14-20)31(28,29)26(4)21-11-6-5-7-12-21/h5-16,19H,1-4H3,(H,25,27). The molecule has 0 fully saturated rings. The number of amides is 1. The molecule has 1 atom stereocenters. The lowest BCUT2D eigenvalue weighted by molar-refractivity contribution is -0.122. The molecule has 0 bridgehead atoms. The summed E-state index contributed by atoms with van der Waals surface area (Å²) in [6.45, 7) is 5.53. The smallest absolute Gasteiger partial charge is 0.265 e. The largest absolute Gasteiger partial charge is 0.480 e. The Morgan fingerprint density at radius 2 is 1.48 bits per heavy atom. The van der Waals surface area contributed by atoms with Crippen molar-refractivity contribution in [1.29, 1.82) is 0 Å². The van der Waals surface area contributed by atoms with Gasteiger partial charge in [0.2, 0.25) is 0 Å². The fourth-order valence-corrected chi connectivity index (χ4v) is 4.30. The third-order valence-electron chi connectivity index (χ3n) is 4.97. The second-order valence-electron chi connectivity index (χ2n) is 7.30. The first-order valence-corrected chi connectivity index (χ1v) is 11.3. The number of anilines is 2. The van der Waals surface area contributed by atoms with Crippen LogP contribution >= 0.6 is 0 Å². The maximum Gasteiger partial charge on any atom is 0.265 e. The Hall–Kier alpha value is -3.32. The number of nitrogens with zero attached hydrogens (tertiary/aromatic N) is 1. The summed E-state index contributed by atoms with van der Waals surface area (Å²) in [4.78, 5) is 12.7. The van der Waals surface area contributed by atoms with E-state index in [9.17, 15) is 13.2 Å². The summed E-state index contributed by atoms with van der Waals surface area (Å²) in [5, 5.41) is 2.77. The summed E-state index contributed by atoms with van der Waals surface area (Å²) in [5.74, 6) is 0.371. The Kier molecular flexibility index (Phi) is 6.65. The zero-order valence-corrected chi connectivity index (χ0v) is 18.8.